The highest BCUT2D eigenvalue weighted by Crippen LogP contribution is 2.07. The van der Waals surface area contributed by atoms with Crippen LogP contribution in [0.2, 0.25) is 0 Å². The number of nitrogens with zero attached hydrogens (tertiary/aromatic N) is 4. The number of pyridine rings is 1. The van der Waals surface area contributed by atoms with Crippen LogP contribution in [0.3, 0.4) is 0 Å². The third kappa shape index (κ3) is 3.99. The summed E-state index contributed by atoms with van der Waals surface area (Å²) in [4.78, 5) is 8.63. The summed E-state index contributed by atoms with van der Waals surface area (Å²) in [5.74, 6) is 1.16. The van der Waals surface area contributed by atoms with Crippen LogP contribution in [-0.4, -0.2) is 20.2 Å². The molecule has 1 aromatic carbocycles. The van der Waals surface area contributed by atoms with E-state index in [1.54, 1.807) is 12.4 Å². The first-order valence-corrected chi connectivity index (χ1v) is 7.01. The first kappa shape index (κ1) is 13.9. The van der Waals surface area contributed by atoms with E-state index in [4.69, 9.17) is 0 Å². The molecule has 3 rings (SSSR count). The standard InChI is InChI=1S/C16H16N6/c1-2-6-13(7-3-1)10-19-16-21-15(12-20-22-16)18-11-14-8-4-5-9-17-14/h1-9,12H,10-11H2,(H2,18,19,21,22). The molecule has 0 fully saturated rings. The lowest BCUT2D eigenvalue weighted by atomic mass is 10.2. The number of anilines is 2. The molecule has 6 heteroatoms. The van der Waals surface area contributed by atoms with Gasteiger partial charge in [0.05, 0.1) is 18.4 Å². The fraction of sp³-hybridized carbons (Fsp3) is 0.125. The minimum Gasteiger partial charge on any atom is -0.363 e. The lowest BCUT2D eigenvalue weighted by Gasteiger charge is -2.07. The Morgan fingerprint density at radius 3 is 2.55 bits per heavy atom. The number of rotatable bonds is 6. The van der Waals surface area contributed by atoms with Crippen molar-refractivity contribution in [2.45, 2.75) is 13.1 Å². The van der Waals surface area contributed by atoms with Crippen molar-refractivity contribution in [3.05, 3.63) is 72.2 Å². The van der Waals surface area contributed by atoms with Crippen molar-refractivity contribution in [1.82, 2.24) is 20.2 Å². The van der Waals surface area contributed by atoms with E-state index in [-0.39, 0.29) is 0 Å². The summed E-state index contributed by atoms with van der Waals surface area (Å²) in [6.07, 6.45) is 3.36. The van der Waals surface area contributed by atoms with Gasteiger partial charge in [-0.3, -0.25) is 4.98 Å². The van der Waals surface area contributed by atoms with Gasteiger partial charge in [0.15, 0.2) is 5.82 Å². The van der Waals surface area contributed by atoms with Crippen LogP contribution in [0, 0.1) is 0 Å². The summed E-state index contributed by atoms with van der Waals surface area (Å²) in [6, 6.07) is 15.9. The van der Waals surface area contributed by atoms with E-state index >= 15 is 0 Å². The van der Waals surface area contributed by atoms with Crippen LogP contribution < -0.4 is 10.6 Å². The molecule has 0 radical (unpaired) electrons. The van der Waals surface area contributed by atoms with Crippen molar-refractivity contribution in [3.63, 3.8) is 0 Å². The average Bonchev–Trinajstić information content (AvgIpc) is 2.60. The molecule has 6 nitrogen and oxygen atoms in total. The van der Waals surface area contributed by atoms with E-state index in [1.165, 1.54) is 0 Å². The van der Waals surface area contributed by atoms with Crippen LogP contribution in [0.1, 0.15) is 11.3 Å². The van der Waals surface area contributed by atoms with Crippen LogP contribution in [0.4, 0.5) is 11.8 Å². The Morgan fingerprint density at radius 2 is 1.73 bits per heavy atom. The van der Waals surface area contributed by atoms with Gasteiger partial charge in [0.25, 0.3) is 0 Å². The van der Waals surface area contributed by atoms with Gasteiger partial charge < -0.3 is 10.6 Å². The second-order valence-corrected chi connectivity index (χ2v) is 4.68. The molecule has 110 valence electrons. The molecule has 0 spiro atoms. The summed E-state index contributed by atoms with van der Waals surface area (Å²) < 4.78 is 0. The monoisotopic (exact) mass is 292 g/mol. The molecule has 0 aliphatic rings. The first-order chi connectivity index (χ1) is 10.9. The van der Waals surface area contributed by atoms with Gasteiger partial charge in [0.1, 0.15) is 0 Å². The van der Waals surface area contributed by atoms with Crippen LogP contribution in [0.15, 0.2) is 60.9 Å². The minimum atomic E-state index is 0.495. The lowest BCUT2D eigenvalue weighted by Crippen LogP contribution is -2.08. The average molecular weight is 292 g/mol. The number of hydrogen-bond donors (Lipinski definition) is 2. The topological polar surface area (TPSA) is 75.6 Å². The highest BCUT2D eigenvalue weighted by Gasteiger charge is 2.01. The molecule has 0 saturated carbocycles. The maximum atomic E-state index is 4.38. The molecule has 0 atom stereocenters. The molecule has 0 bridgehead atoms. The van der Waals surface area contributed by atoms with Gasteiger partial charge in [-0.1, -0.05) is 36.4 Å². The first-order valence-electron chi connectivity index (χ1n) is 7.01. The third-order valence-corrected chi connectivity index (χ3v) is 3.03. The maximum absolute atomic E-state index is 4.38. The predicted molar refractivity (Wildman–Crippen MR) is 85.2 cm³/mol. The fourth-order valence-electron chi connectivity index (χ4n) is 1.92. The van der Waals surface area contributed by atoms with Gasteiger partial charge in [-0.2, -0.15) is 10.1 Å². The number of aromatic nitrogens is 4. The molecule has 3 aromatic rings. The van der Waals surface area contributed by atoms with Gasteiger partial charge in [-0.05, 0) is 17.7 Å². The Kier molecular flexibility index (Phi) is 4.51. The van der Waals surface area contributed by atoms with E-state index in [0.717, 1.165) is 11.3 Å². The molecule has 2 aromatic heterocycles. The van der Waals surface area contributed by atoms with Crippen LogP contribution in [-0.2, 0) is 13.1 Å². The van der Waals surface area contributed by atoms with E-state index in [1.807, 2.05) is 48.5 Å². The van der Waals surface area contributed by atoms with Crippen molar-refractivity contribution in [1.29, 1.82) is 0 Å². The molecule has 2 heterocycles. The van der Waals surface area contributed by atoms with E-state index < -0.39 is 0 Å². The Morgan fingerprint density at radius 1 is 0.864 bits per heavy atom. The van der Waals surface area contributed by atoms with Gasteiger partial charge in [0, 0.05) is 12.7 Å². The highest BCUT2D eigenvalue weighted by atomic mass is 15.3. The number of nitrogens with one attached hydrogen (secondary N) is 2. The predicted octanol–water partition coefficient (Wildman–Crippen LogP) is 2.49. The summed E-state index contributed by atoms with van der Waals surface area (Å²) in [5, 5.41) is 14.3. The summed E-state index contributed by atoms with van der Waals surface area (Å²) >= 11 is 0. The Bertz CT molecular complexity index is 643. The quantitative estimate of drug-likeness (QED) is 0.727. The van der Waals surface area contributed by atoms with Crippen molar-refractivity contribution in [3.8, 4) is 0 Å². The highest BCUT2D eigenvalue weighted by molar-refractivity contribution is 5.37. The maximum Gasteiger partial charge on any atom is 0.244 e. The van der Waals surface area contributed by atoms with Crippen molar-refractivity contribution < 1.29 is 0 Å². The van der Waals surface area contributed by atoms with Crippen LogP contribution in [0.25, 0.3) is 0 Å². The fourth-order valence-corrected chi connectivity index (χ4v) is 1.92. The Balaban J connectivity index is 1.58. The van der Waals surface area contributed by atoms with Crippen molar-refractivity contribution in [2.75, 3.05) is 10.6 Å². The zero-order valence-electron chi connectivity index (χ0n) is 12.0. The van der Waals surface area contributed by atoms with E-state index in [2.05, 4.69) is 30.8 Å². The van der Waals surface area contributed by atoms with Crippen LogP contribution in [0.5, 0.6) is 0 Å². The molecule has 0 unspecified atom stereocenters. The Hall–Kier alpha value is -3.02. The van der Waals surface area contributed by atoms with Gasteiger partial charge in [-0.15, -0.1) is 5.10 Å². The molecule has 0 amide bonds. The molecule has 0 aliphatic heterocycles. The third-order valence-electron chi connectivity index (χ3n) is 3.03. The second kappa shape index (κ2) is 7.12. The molecular formula is C16H16N6. The molecule has 2 N–H and O–H groups in total. The SMILES string of the molecule is c1ccc(CNc2nncc(NCc3ccccn3)n2)cc1. The Labute approximate surface area is 128 Å². The molecule has 0 aliphatic carbocycles. The van der Waals surface area contributed by atoms with E-state index in [9.17, 15) is 0 Å². The zero-order valence-corrected chi connectivity index (χ0v) is 12.0. The number of benzene rings is 1. The van der Waals surface area contributed by atoms with Gasteiger partial charge >= 0.3 is 0 Å². The summed E-state index contributed by atoms with van der Waals surface area (Å²) in [6.45, 7) is 1.25. The zero-order chi connectivity index (χ0) is 15.0. The molecule has 22 heavy (non-hydrogen) atoms. The largest absolute Gasteiger partial charge is 0.363 e. The molecule has 0 saturated heterocycles. The van der Waals surface area contributed by atoms with E-state index in [0.29, 0.717) is 24.9 Å². The van der Waals surface area contributed by atoms with Gasteiger partial charge in [0.2, 0.25) is 5.95 Å². The summed E-state index contributed by atoms with van der Waals surface area (Å²) in [7, 11) is 0. The van der Waals surface area contributed by atoms with Crippen LogP contribution >= 0.6 is 0 Å². The minimum absolute atomic E-state index is 0.495. The summed E-state index contributed by atoms with van der Waals surface area (Å²) in [5.41, 5.74) is 2.11. The number of hydrogen-bond acceptors (Lipinski definition) is 6. The normalized spacial score (nSPS) is 10.2. The van der Waals surface area contributed by atoms with Crippen molar-refractivity contribution >= 4 is 11.8 Å². The van der Waals surface area contributed by atoms with Crippen molar-refractivity contribution in [2.24, 2.45) is 0 Å². The lowest BCUT2D eigenvalue weighted by molar-refractivity contribution is 0.931. The van der Waals surface area contributed by atoms with Gasteiger partial charge in [-0.25, -0.2) is 0 Å². The molecular weight excluding hydrogens is 276 g/mol. The smallest absolute Gasteiger partial charge is 0.244 e. The second-order valence-electron chi connectivity index (χ2n) is 4.68.